The van der Waals surface area contributed by atoms with E-state index in [0.29, 0.717) is 5.92 Å². The molecule has 2 heteroatoms. The molecule has 0 aromatic rings. The largest absolute Gasteiger partial charge is 0.235 e. The monoisotopic (exact) mass is 139 g/mol. The van der Waals surface area contributed by atoms with E-state index < -0.39 is 0 Å². The summed E-state index contributed by atoms with van der Waals surface area (Å²) in [5.41, 5.74) is 0.0104. The Morgan fingerprint density at radius 2 is 2.30 bits per heavy atom. The minimum atomic E-state index is 0.0104. The summed E-state index contributed by atoms with van der Waals surface area (Å²) < 4.78 is 0. The third-order valence-corrected chi connectivity index (χ3v) is 2.56. The number of carbonyl (C=O) groups excluding carboxylic acids is 1. The molecule has 0 bridgehead atoms. The lowest BCUT2D eigenvalue weighted by molar-refractivity contribution is 0.425. The Kier molecular flexibility index (Phi) is 1.91. The molecule has 1 unspecified atom stereocenters. The lowest BCUT2D eigenvalue weighted by Crippen LogP contribution is -2.15. The Morgan fingerprint density at radius 1 is 1.70 bits per heavy atom. The lowest BCUT2D eigenvalue weighted by atomic mass is 9.98. The summed E-state index contributed by atoms with van der Waals surface area (Å²) in [6.45, 7) is 4.28. The average Bonchev–Trinajstić information content (AvgIpc) is 2.69. The summed E-state index contributed by atoms with van der Waals surface area (Å²) in [6.07, 6.45) is 4.92. The van der Waals surface area contributed by atoms with E-state index in [4.69, 9.17) is 0 Å². The molecule has 1 saturated carbocycles. The van der Waals surface area contributed by atoms with Crippen LogP contribution in [0.2, 0.25) is 0 Å². The van der Waals surface area contributed by atoms with E-state index in [-0.39, 0.29) is 5.54 Å². The average molecular weight is 139 g/mol. The molecule has 2 nitrogen and oxygen atoms in total. The lowest BCUT2D eigenvalue weighted by Gasteiger charge is -2.14. The Morgan fingerprint density at radius 3 is 2.60 bits per heavy atom. The highest BCUT2D eigenvalue weighted by molar-refractivity contribution is 5.36. The van der Waals surface area contributed by atoms with Gasteiger partial charge in [-0.05, 0) is 18.8 Å². The van der Waals surface area contributed by atoms with Crippen molar-refractivity contribution in [2.75, 3.05) is 0 Å². The van der Waals surface area contributed by atoms with Crippen molar-refractivity contribution in [1.82, 2.24) is 0 Å². The highest BCUT2D eigenvalue weighted by Gasteiger charge is 2.46. The zero-order chi connectivity index (χ0) is 7.61. The number of hydrogen-bond acceptors (Lipinski definition) is 2. The van der Waals surface area contributed by atoms with Crippen molar-refractivity contribution in [2.45, 2.75) is 38.6 Å². The minimum absolute atomic E-state index is 0.0104. The van der Waals surface area contributed by atoms with E-state index >= 15 is 0 Å². The molecule has 0 aromatic heterocycles. The third-order valence-electron chi connectivity index (χ3n) is 2.56. The van der Waals surface area contributed by atoms with Crippen LogP contribution in [0.1, 0.15) is 33.1 Å². The van der Waals surface area contributed by atoms with Gasteiger partial charge in [-0.2, -0.15) is 4.99 Å². The quantitative estimate of drug-likeness (QED) is 0.433. The van der Waals surface area contributed by atoms with Crippen LogP contribution in [0.5, 0.6) is 0 Å². The van der Waals surface area contributed by atoms with Crippen molar-refractivity contribution >= 4 is 6.08 Å². The molecule has 1 fully saturated rings. The van der Waals surface area contributed by atoms with Crippen molar-refractivity contribution in [2.24, 2.45) is 10.9 Å². The first-order valence-electron chi connectivity index (χ1n) is 3.84. The fourth-order valence-electron chi connectivity index (χ4n) is 1.31. The zero-order valence-electron chi connectivity index (χ0n) is 6.55. The van der Waals surface area contributed by atoms with Gasteiger partial charge in [-0.25, -0.2) is 4.79 Å². The normalized spacial score (nSPS) is 23.0. The molecule has 0 aliphatic heterocycles. The van der Waals surface area contributed by atoms with Crippen LogP contribution in [0.15, 0.2) is 4.99 Å². The van der Waals surface area contributed by atoms with Crippen LogP contribution in [0.25, 0.3) is 0 Å². The molecule has 1 aliphatic rings. The molecule has 0 radical (unpaired) electrons. The predicted molar refractivity (Wildman–Crippen MR) is 39.5 cm³/mol. The predicted octanol–water partition coefficient (Wildman–Crippen LogP) is 1.90. The molecule has 0 heterocycles. The van der Waals surface area contributed by atoms with Gasteiger partial charge in [0.1, 0.15) is 0 Å². The Labute approximate surface area is 61.3 Å². The first-order valence-corrected chi connectivity index (χ1v) is 3.84. The van der Waals surface area contributed by atoms with E-state index in [0.717, 1.165) is 19.3 Å². The number of aliphatic imine (C=N–C) groups is 1. The number of hydrogen-bond donors (Lipinski definition) is 0. The third kappa shape index (κ3) is 1.12. The molecule has 0 saturated heterocycles. The highest BCUT2D eigenvalue weighted by Crippen LogP contribution is 2.46. The Bertz CT molecular complexity index is 166. The molecule has 1 rings (SSSR count). The molecule has 1 aliphatic carbocycles. The van der Waals surface area contributed by atoms with E-state index in [1.54, 1.807) is 6.08 Å². The SMILES string of the molecule is CCC(C)C1(N=C=O)CC1. The van der Waals surface area contributed by atoms with E-state index in [2.05, 4.69) is 18.8 Å². The second kappa shape index (κ2) is 2.55. The Hall–Kier alpha value is -0.620. The van der Waals surface area contributed by atoms with Crippen molar-refractivity contribution in [3.8, 4) is 0 Å². The van der Waals surface area contributed by atoms with Crippen molar-refractivity contribution in [3.63, 3.8) is 0 Å². The summed E-state index contributed by atoms with van der Waals surface area (Å²) in [5, 5.41) is 0. The summed E-state index contributed by atoms with van der Waals surface area (Å²) in [5.74, 6) is 0.550. The van der Waals surface area contributed by atoms with Crippen LogP contribution in [-0.4, -0.2) is 11.6 Å². The van der Waals surface area contributed by atoms with Crippen LogP contribution < -0.4 is 0 Å². The maximum Gasteiger partial charge on any atom is 0.235 e. The van der Waals surface area contributed by atoms with Crippen LogP contribution in [0.4, 0.5) is 0 Å². The molecular weight excluding hydrogens is 126 g/mol. The van der Waals surface area contributed by atoms with Crippen molar-refractivity contribution < 1.29 is 4.79 Å². The van der Waals surface area contributed by atoms with Gasteiger partial charge in [0.25, 0.3) is 0 Å². The molecule has 0 N–H and O–H groups in total. The van der Waals surface area contributed by atoms with Gasteiger partial charge in [-0.1, -0.05) is 20.3 Å². The van der Waals surface area contributed by atoms with Gasteiger partial charge < -0.3 is 0 Å². The van der Waals surface area contributed by atoms with Gasteiger partial charge in [0.2, 0.25) is 6.08 Å². The van der Waals surface area contributed by atoms with Crippen LogP contribution in [-0.2, 0) is 4.79 Å². The van der Waals surface area contributed by atoms with Crippen LogP contribution >= 0.6 is 0 Å². The van der Waals surface area contributed by atoms with Gasteiger partial charge in [0, 0.05) is 0 Å². The van der Waals surface area contributed by atoms with Gasteiger partial charge in [-0.3, -0.25) is 0 Å². The highest BCUT2D eigenvalue weighted by atomic mass is 16.1. The standard InChI is InChI=1S/C8H13NO/c1-3-7(2)8(4-5-8)9-6-10/h7H,3-5H2,1-2H3. The topological polar surface area (TPSA) is 29.4 Å². The maximum atomic E-state index is 9.99. The molecule has 56 valence electrons. The van der Waals surface area contributed by atoms with Crippen LogP contribution in [0, 0.1) is 5.92 Å². The summed E-state index contributed by atoms with van der Waals surface area (Å²) in [4.78, 5) is 13.8. The molecular formula is C8H13NO. The molecule has 0 aromatic carbocycles. The first kappa shape index (κ1) is 7.49. The second-order valence-corrected chi connectivity index (χ2v) is 3.12. The fourth-order valence-corrected chi connectivity index (χ4v) is 1.31. The van der Waals surface area contributed by atoms with Gasteiger partial charge in [0.15, 0.2) is 0 Å². The fraction of sp³-hybridized carbons (Fsp3) is 0.875. The first-order chi connectivity index (χ1) is 4.75. The number of nitrogens with zero attached hydrogens (tertiary/aromatic N) is 1. The van der Waals surface area contributed by atoms with Crippen LogP contribution in [0.3, 0.4) is 0 Å². The van der Waals surface area contributed by atoms with Gasteiger partial charge in [0.05, 0.1) is 5.54 Å². The van der Waals surface area contributed by atoms with Gasteiger partial charge in [-0.15, -0.1) is 0 Å². The van der Waals surface area contributed by atoms with Crippen molar-refractivity contribution in [3.05, 3.63) is 0 Å². The van der Waals surface area contributed by atoms with E-state index in [9.17, 15) is 4.79 Å². The summed E-state index contributed by atoms with van der Waals surface area (Å²) in [6, 6.07) is 0. The molecule has 0 spiro atoms. The maximum absolute atomic E-state index is 9.99. The smallest absolute Gasteiger partial charge is 0.211 e. The molecule has 10 heavy (non-hydrogen) atoms. The Balaban J connectivity index is 2.59. The van der Waals surface area contributed by atoms with Crippen molar-refractivity contribution in [1.29, 1.82) is 0 Å². The summed E-state index contributed by atoms with van der Waals surface area (Å²) in [7, 11) is 0. The van der Waals surface area contributed by atoms with E-state index in [1.165, 1.54) is 0 Å². The zero-order valence-corrected chi connectivity index (χ0v) is 6.55. The van der Waals surface area contributed by atoms with Gasteiger partial charge >= 0.3 is 0 Å². The van der Waals surface area contributed by atoms with E-state index in [1.807, 2.05) is 0 Å². The second-order valence-electron chi connectivity index (χ2n) is 3.12. The number of isocyanates is 1. The number of rotatable bonds is 3. The molecule has 1 atom stereocenters. The minimum Gasteiger partial charge on any atom is -0.211 e. The molecule has 0 amide bonds. The summed E-state index contributed by atoms with van der Waals surface area (Å²) >= 11 is 0.